The highest BCUT2D eigenvalue weighted by atomic mass is 16.5. The van der Waals surface area contributed by atoms with Gasteiger partial charge in [0.15, 0.2) is 0 Å². The number of aryl methyl sites for hydroxylation is 2. The maximum absolute atomic E-state index is 5.39. The Labute approximate surface area is 137 Å². The van der Waals surface area contributed by atoms with Gasteiger partial charge in [0.25, 0.3) is 0 Å². The number of ether oxygens (including phenoxy) is 1. The highest BCUT2D eigenvalue weighted by Crippen LogP contribution is 2.26. The molecular weight excluding hydrogens is 288 g/mol. The van der Waals surface area contributed by atoms with Gasteiger partial charge in [-0.05, 0) is 30.0 Å². The summed E-state index contributed by atoms with van der Waals surface area (Å²) >= 11 is 0. The summed E-state index contributed by atoms with van der Waals surface area (Å²) < 4.78 is 5.39. The summed E-state index contributed by atoms with van der Waals surface area (Å²) in [5, 5.41) is 3.51. The zero-order valence-corrected chi connectivity index (χ0v) is 13.9. The lowest BCUT2D eigenvalue weighted by Crippen LogP contribution is -2.37. The van der Waals surface area contributed by atoms with Gasteiger partial charge < -0.3 is 15.0 Å². The summed E-state index contributed by atoms with van der Waals surface area (Å²) in [6.45, 7) is 7.52. The van der Waals surface area contributed by atoms with E-state index in [4.69, 9.17) is 9.72 Å². The fourth-order valence-electron chi connectivity index (χ4n) is 2.86. The minimum Gasteiger partial charge on any atom is -0.378 e. The van der Waals surface area contributed by atoms with Gasteiger partial charge in [-0.1, -0.05) is 32.0 Å². The summed E-state index contributed by atoms with van der Waals surface area (Å²) in [6, 6.07) is 8.40. The van der Waals surface area contributed by atoms with Gasteiger partial charge in [0, 0.05) is 25.0 Å². The summed E-state index contributed by atoms with van der Waals surface area (Å²) in [7, 11) is 0. The predicted octanol–water partition coefficient (Wildman–Crippen LogP) is 3.18. The molecule has 3 rings (SSSR count). The Hall–Kier alpha value is -2.14. The second-order valence-corrected chi connectivity index (χ2v) is 5.62. The number of aromatic nitrogens is 2. The lowest BCUT2D eigenvalue weighted by atomic mass is 10.0. The Bertz CT molecular complexity index is 631. The van der Waals surface area contributed by atoms with Crippen molar-refractivity contribution < 1.29 is 4.74 Å². The van der Waals surface area contributed by atoms with Crippen molar-refractivity contribution in [3.05, 3.63) is 41.6 Å². The number of benzene rings is 1. The first-order chi connectivity index (χ1) is 11.3. The summed E-state index contributed by atoms with van der Waals surface area (Å²) in [6.07, 6.45) is 3.81. The number of morpholine rings is 1. The van der Waals surface area contributed by atoms with E-state index in [9.17, 15) is 0 Å². The van der Waals surface area contributed by atoms with Crippen molar-refractivity contribution in [2.75, 3.05) is 36.5 Å². The van der Waals surface area contributed by atoms with Crippen LogP contribution in [0, 0.1) is 0 Å². The third kappa shape index (κ3) is 3.62. The Morgan fingerprint density at radius 1 is 1.09 bits per heavy atom. The maximum atomic E-state index is 5.39. The molecule has 1 aliphatic rings. The number of para-hydroxylation sites is 1. The van der Waals surface area contributed by atoms with Crippen molar-refractivity contribution in [1.82, 2.24) is 9.97 Å². The molecule has 0 bridgehead atoms. The molecule has 0 radical (unpaired) electrons. The van der Waals surface area contributed by atoms with Crippen molar-refractivity contribution in [1.29, 1.82) is 0 Å². The van der Waals surface area contributed by atoms with Gasteiger partial charge in [0.05, 0.1) is 13.2 Å². The molecule has 0 saturated carbocycles. The minimum absolute atomic E-state index is 0.736. The van der Waals surface area contributed by atoms with Crippen LogP contribution in [-0.2, 0) is 17.6 Å². The predicted molar refractivity (Wildman–Crippen MR) is 93.5 cm³/mol. The quantitative estimate of drug-likeness (QED) is 0.919. The van der Waals surface area contributed by atoms with Gasteiger partial charge in [0.1, 0.15) is 5.82 Å². The highest BCUT2D eigenvalue weighted by Gasteiger charge is 2.14. The Kier molecular flexibility index (Phi) is 5.08. The summed E-state index contributed by atoms with van der Waals surface area (Å²) in [4.78, 5) is 11.3. The number of hydrogen-bond acceptors (Lipinski definition) is 5. The normalized spacial score (nSPS) is 14.8. The van der Waals surface area contributed by atoms with Gasteiger partial charge in [-0.15, -0.1) is 0 Å². The molecule has 5 heteroatoms. The van der Waals surface area contributed by atoms with E-state index in [1.54, 1.807) is 0 Å². The molecule has 0 aliphatic carbocycles. The number of nitrogens with one attached hydrogen (secondary N) is 1. The Balaban J connectivity index is 1.86. The van der Waals surface area contributed by atoms with E-state index >= 15 is 0 Å². The molecule has 1 aromatic carbocycles. The smallest absolute Gasteiger partial charge is 0.227 e. The van der Waals surface area contributed by atoms with E-state index in [0.717, 1.165) is 50.9 Å². The van der Waals surface area contributed by atoms with Crippen LogP contribution >= 0.6 is 0 Å². The standard InChI is InChI=1S/C18H24N4O/c1-3-14-6-5-7-15(4-2)17(14)20-16-8-9-19-18(21-16)22-10-12-23-13-11-22/h5-9H,3-4,10-13H2,1-2H3,(H,19,20,21). The second-order valence-electron chi connectivity index (χ2n) is 5.62. The van der Waals surface area contributed by atoms with Gasteiger partial charge in [-0.25, -0.2) is 4.98 Å². The van der Waals surface area contributed by atoms with E-state index < -0.39 is 0 Å². The second kappa shape index (κ2) is 7.42. The first-order valence-corrected chi connectivity index (χ1v) is 8.35. The van der Waals surface area contributed by atoms with Gasteiger partial charge in [-0.3, -0.25) is 0 Å². The number of rotatable bonds is 5. The zero-order chi connectivity index (χ0) is 16.1. The van der Waals surface area contributed by atoms with Crippen LogP contribution in [0.3, 0.4) is 0 Å². The molecule has 1 saturated heterocycles. The SMILES string of the molecule is CCc1cccc(CC)c1Nc1ccnc(N2CCOCC2)n1. The molecule has 122 valence electrons. The van der Waals surface area contributed by atoms with Crippen molar-refractivity contribution in [2.24, 2.45) is 0 Å². The largest absolute Gasteiger partial charge is 0.378 e. The van der Waals surface area contributed by atoms with E-state index in [2.05, 4.69) is 47.2 Å². The lowest BCUT2D eigenvalue weighted by molar-refractivity contribution is 0.122. The van der Waals surface area contributed by atoms with E-state index in [1.807, 2.05) is 12.3 Å². The molecule has 1 aromatic heterocycles. The molecule has 2 heterocycles. The first kappa shape index (κ1) is 15.7. The third-order valence-electron chi connectivity index (χ3n) is 4.19. The van der Waals surface area contributed by atoms with Crippen molar-refractivity contribution >= 4 is 17.5 Å². The monoisotopic (exact) mass is 312 g/mol. The van der Waals surface area contributed by atoms with E-state index in [-0.39, 0.29) is 0 Å². The zero-order valence-electron chi connectivity index (χ0n) is 13.9. The molecule has 5 nitrogen and oxygen atoms in total. The highest BCUT2D eigenvalue weighted by molar-refractivity contribution is 5.65. The van der Waals surface area contributed by atoms with E-state index in [1.165, 1.54) is 16.8 Å². The summed E-state index contributed by atoms with van der Waals surface area (Å²) in [5.41, 5.74) is 3.82. The van der Waals surface area contributed by atoms with E-state index in [0.29, 0.717) is 0 Å². The summed E-state index contributed by atoms with van der Waals surface area (Å²) in [5.74, 6) is 1.61. The van der Waals surface area contributed by atoms with Crippen LogP contribution < -0.4 is 10.2 Å². The molecule has 0 atom stereocenters. The minimum atomic E-state index is 0.736. The van der Waals surface area contributed by atoms with Crippen molar-refractivity contribution in [2.45, 2.75) is 26.7 Å². The van der Waals surface area contributed by atoms with Crippen LogP contribution in [-0.4, -0.2) is 36.3 Å². The maximum Gasteiger partial charge on any atom is 0.227 e. The van der Waals surface area contributed by atoms with Crippen LogP contribution in [0.2, 0.25) is 0 Å². The molecule has 1 aliphatic heterocycles. The molecule has 0 unspecified atom stereocenters. The van der Waals surface area contributed by atoms with Crippen molar-refractivity contribution in [3.63, 3.8) is 0 Å². The number of anilines is 3. The average molecular weight is 312 g/mol. The molecular formula is C18H24N4O. The number of nitrogens with zero attached hydrogens (tertiary/aromatic N) is 3. The molecule has 23 heavy (non-hydrogen) atoms. The number of hydrogen-bond donors (Lipinski definition) is 1. The topological polar surface area (TPSA) is 50.3 Å². The van der Waals surface area contributed by atoms with Crippen molar-refractivity contribution in [3.8, 4) is 0 Å². The molecule has 0 amide bonds. The van der Waals surface area contributed by atoms with Gasteiger partial charge in [0.2, 0.25) is 5.95 Å². The molecule has 0 spiro atoms. The van der Waals surface area contributed by atoms with Crippen LogP contribution in [0.4, 0.5) is 17.5 Å². The van der Waals surface area contributed by atoms with Crippen LogP contribution in [0.5, 0.6) is 0 Å². The van der Waals surface area contributed by atoms with Gasteiger partial charge >= 0.3 is 0 Å². The molecule has 2 aromatic rings. The Morgan fingerprint density at radius 2 is 1.78 bits per heavy atom. The fourth-order valence-corrected chi connectivity index (χ4v) is 2.86. The molecule has 1 N–H and O–H groups in total. The van der Waals surface area contributed by atoms with Gasteiger partial charge in [-0.2, -0.15) is 4.98 Å². The molecule has 1 fully saturated rings. The van der Waals surface area contributed by atoms with Crippen LogP contribution in [0.15, 0.2) is 30.5 Å². The Morgan fingerprint density at radius 3 is 2.43 bits per heavy atom. The first-order valence-electron chi connectivity index (χ1n) is 8.35. The van der Waals surface area contributed by atoms with Crippen LogP contribution in [0.25, 0.3) is 0 Å². The van der Waals surface area contributed by atoms with Crippen LogP contribution in [0.1, 0.15) is 25.0 Å². The lowest BCUT2D eigenvalue weighted by Gasteiger charge is -2.27. The average Bonchev–Trinajstić information content (AvgIpc) is 2.63. The third-order valence-corrected chi connectivity index (χ3v) is 4.19. The fraction of sp³-hybridized carbons (Fsp3) is 0.444.